The first-order valence-corrected chi connectivity index (χ1v) is 6.34. The van der Waals surface area contributed by atoms with Crippen molar-refractivity contribution in [3.63, 3.8) is 0 Å². The SMILES string of the molecule is O=C(NCc1ccc2nc[nH]c2c1)C1COCCN1. The maximum atomic E-state index is 11.9. The normalized spacial score (nSPS) is 19.5. The number of carbonyl (C=O) groups is 1. The summed E-state index contributed by atoms with van der Waals surface area (Å²) >= 11 is 0. The van der Waals surface area contributed by atoms with Crippen LogP contribution in [0.25, 0.3) is 11.0 Å². The van der Waals surface area contributed by atoms with E-state index in [1.165, 1.54) is 0 Å². The third-order valence-corrected chi connectivity index (χ3v) is 3.19. The average molecular weight is 260 g/mol. The molecule has 3 N–H and O–H groups in total. The first-order chi connectivity index (χ1) is 9.33. The van der Waals surface area contributed by atoms with Crippen LogP contribution >= 0.6 is 0 Å². The van der Waals surface area contributed by atoms with Crippen LogP contribution < -0.4 is 10.6 Å². The summed E-state index contributed by atoms with van der Waals surface area (Å²) in [5.41, 5.74) is 2.95. The highest BCUT2D eigenvalue weighted by molar-refractivity contribution is 5.82. The highest BCUT2D eigenvalue weighted by atomic mass is 16.5. The van der Waals surface area contributed by atoms with Crippen molar-refractivity contribution in [1.82, 2.24) is 20.6 Å². The molecule has 1 fully saturated rings. The number of nitrogens with zero attached hydrogens (tertiary/aromatic N) is 1. The van der Waals surface area contributed by atoms with Gasteiger partial charge in [-0.2, -0.15) is 0 Å². The molecule has 0 saturated carbocycles. The van der Waals surface area contributed by atoms with E-state index in [-0.39, 0.29) is 11.9 Å². The minimum absolute atomic E-state index is 0.0237. The van der Waals surface area contributed by atoms with Gasteiger partial charge in [-0.05, 0) is 17.7 Å². The quantitative estimate of drug-likeness (QED) is 0.735. The van der Waals surface area contributed by atoms with Crippen LogP contribution in [0, 0.1) is 0 Å². The number of aromatic nitrogens is 2. The van der Waals surface area contributed by atoms with Gasteiger partial charge < -0.3 is 20.4 Å². The number of ether oxygens (including phenoxy) is 1. The van der Waals surface area contributed by atoms with Crippen LogP contribution in [0.1, 0.15) is 5.56 Å². The molecule has 2 aromatic rings. The van der Waals surface area contributed by atoms with E-state index >= 15 is 0 Å². The van der Waals surface area contributed by atoms with E-state index in [1.807, 2.05) is 18.2 Å². The second kappa shape index (κ2) is 5.38. The molecule has 0 radical (unpaired) electrons. The smallest absolute Gasteiger partial charge is 0.239 e. The molecule has 1 aliphatic rings. The minimum Gasteiger partial charge on any atom is -0.378 e. The molecule has 1 aromatic carbocycles. The number of imidazole rings is 1. The molecular formula is C13H16N4O2. The van der Waals surface area contributed by atoms with Crippen molar-refractivity contribution in [1.29, 1.82) is 0 Å². The molecule has 1 aliphatic heterocycles. The van der Waals surface area contributed by atoms with Crippen molar-refractivity contribution in [2.75, 3.05) is 19.8 Å². The maximum Gasteiger partial charge on any atom is 0.239 e. The third-order valence-electron chi connectivity index (χ3n) is 3.19. The van der Waals surface area contributed by atoms with Crippen molar-refractivity contribution in [3.05, 3.63) is 30.1 Å². The Morgan fingerprint density at radius 3 is 3.32 bits per heavy atom. The van der Waals surface area contributed by atoms with Crippen molar-refractivity contribution in [3.8, 4) is 0 Å². The van der Waals surface area contributed by atoms with E-state index in [0.717, 1.165) is 23.1 Å². The number of nitrogens with one attached hydrogen (secondary N) is 3. The zero-order valence-corrected chi connectivity index (χ0v) is 10.5. The van der Waals surface area contributed by atoms with Gasteiger partial charge in [0, 0.05) is 13.1 Å². The Morgan fingerprint density at radius 1 is 1.53 bits per heavy atom. The Hall–Kier alpha value is -1.92. The lowest BCUT2D eigenvalue weighted by Gasteiger charge is -2.22. The summed E-state index contributed by atoms with van der Waals surface area (Å²) in [6.07, 6.45) is 1.66. The van der Waals surface area contributed by atoms with E-state index in [9.17, 15) is 4.79 Å². The van der Waals surface area contributed by atoms with Gasteiger partial charge in [0.25, 0.3) is 0 Å². The topological polar surface area (TPSA) is 79.0 Å². The van der Waals surface area contributed by atoms with Crippen LogP contribution in [-0.4, -0.2) is 41.7 Å². The summed E-state index contributed by atoms with van der Waals surface area (Å²) in [6, 6.07) is 5.65. The standard InChI is InChI=1S/C13H16N4O2/c18-13(12-7-19-4-3-14-12)15-6-9-1-2-10-11(5-9)17-8-16-10/h1-2,5,8,12,14H,3-4,6-7H2,(H,15,18)(H,16,17). The highest BCUT2D eigenvalue weighted by Crippen LogP contribution is 2.11. The number of rotatable bonds is 3. The van der Waals surface area contributed by atoms with E-state index in [2.05, 4.69) is 20.6 Å². The van der Waals surface area contributed by atoms with Crippen LogP contribution in [0.3, 0.4) is 0 Å². The van der Waals surface area contributed by atoms with Gasteiger partial charge in [-0.15, -0.1) is 0 Å². The van der Waals surface area contributed by atoms with Gasteiger partial charge in [0.1, 0.15) is 6.04 Å². The fraction of sp³-hybridized carbons (Fsp3) is 0.385. The van der Waals surface area contributed by atoms with Gasteiger partial charge in [-0.1, -0.05) is 6.07 Å². The first-order valence-electron chi connectivity index (χ1n) is 6.34. The molecule has 1 atom stereocenters. The summed E-state index contributed by atoms with van der Waals surface area (Å²) in [5.74, 6) is -0.0237. The molecule has 2 heterocycles. The number of benzene rings is 1. The number of carbonyl (C=O) groups excluding carboxylic acids is 1. The van der Waals surface area contributed by atoms with Crippen molar-refractivity contribution < 1.29 is 9.53 Å². The summed E-state index contributed by atoms with van der Waals surface area (Å²) in [5, 5.41) is 6.04. The molecule has 0 spiro atoms. The van der Waals surface area contributed by atoms with Crippen LogP contribution in [0.15, 0.2) is 24.5 Å². The van der Waals surface area contributed by atoms with Gasteiger partial charge in [0.15, 0.2) is 0 Å². The van der Waals surface area contributed by atoms with Crippen LogP contribution in [0.5, 0.6) is 0 Å². The number of morpholine rings is 1. The van der Waals surface area contributed by atoms with E-state index in [4.69, 9.17) is 4.74 Å². The van der Waals surface area contributed by atoms with Crippen molar-refractivity contribution in [2.24, 2.45) is 0 Å². The maximum absolute atomic E-state index is 11.9. The fourth-order valence-electron chi connectivity index (χ4n) is 2.14. The summed E-state index contributed by atoms with van der Waals surface area (Å²) in [6.45, 7) is 2.33. The zero-order chi connectivity index (χ0) is 13.1. The molecule has 1 saturated heterocycles. The molecule has 19 heavy (non-hydrogen) atoms. The number of hydrogen-bond donors (Lipinski definition) is 3. The van der Waals surface area contributed by atoms with Gasteiger partial charge in [0.05, 0.1) is 30.6 Å². The molecule has 0 bridgehead atoms. The Bertz CT molecular complexity index is 575. The van der Waals surface area contributed by atoms with Gasteiger partial charge in [0.2, 0.25) is 5.91 Å². The van der Waals surface area contributed by atoms with Crippen LogP contribution in [-0.2, 0) is 16.1 Å². The van der Waals surface area contributed by atoms with E-state index in [0.29, 0.717) is 19.8 Å². The largest absolute Gasteiger partial charge is 0.378 e. The second-order valence-corrected chi connectivity index (χ2v) is 4.55. The Labute approximate surface area is 110 Å². The predicted molar refractivity (Wildman–Crippen MR) is 70.6 cm³/mol. The molecule has 1 unspecified atom stereocenters. The van der Waals surface area contributed by atoms with Gasteiger partial charge in [-0.25, -0.2) is 4.98 Å². The predicted octanol–water partition coefficient (Wildman–Crippen LogP) is 0.167. The van der Waals surface area contributed by atoms with E-state index in [1.54, 1.807) is 6.33 Å². The van der Waals surface area contributed by atoms with Gasteiger partial charge >= 0.3 is 0 Å². The first kappa shape index (κ1) is 12.1. The van der Waals surface area contributed by atoms with Crippen LogP contribution in [0.2, 0.25) is 0 Å². The number of amides is 1. The number of hydrogen-bond acceptors (Lipinski definition) is 4. The summed E-state index contributed by atoms with van der Waals surface area (Å²) in [7, 11) is 0. The summed E-state index contributed by atoms with van der Waals surface area (Å²) in [4.78, 5) is 19.1. The average Bonchev–Trinajstić information content (AvgIpc) is 2.93. The highest BCUT2D eigenvalue weighted by Gasteiger charge is 2.20. The lowest BCUT2D eigenvalue weighted by Crippen LogP contribution is -2.51. The molecule has 6 nitrogen and oxygen atoms in total. The number of H-pyrrole nitrogens is 1. The lowest BCUT2D eigenvalue weighted by molar-refractivity contribution is -0.126. The molecular weight excluding hydrogens is 244 g/mol. The molecule has 3 rings (SSSR count). The lowest BCUT2D eigenvalue weighted by atomic mass is 10.2. The molecule has 1 aromatic heterocycles. The molecule has 1 amide bonds. The fourth-order valence-corrected chi connectivity index (χ4v) is 2.14. The Balaban J connectivity index is 1.60. The zero-order valence-electron chi connectivity index (χ0n) is 10.5. The number of fused-ring (bicyclic) bond motifs is 1. The Kier molecular flexibility index (Phi) is 3.43. The number of aromatic amines is 1. The molecule has 6 heteroatoms. The van der Waals surface area contributed by atoms with Crippen LogP contribution in [0.4, 0.5) is 0 Å². The summed E-state index contributed by atoms with van der Waals surface area (Å²) < 4.78 is 5.27. The Morgan fingerprint density at radius 2 is 2.47 bits per heavy atom. The second-order valence-electron chi connectivity index (χ2n) is 4.55. The monoisotopic (exact) mass is 260 g/mol. The van der Waals surface area contributed by atoms with Crippen molar-refractivity contribution in [2.45, 2.75) is 12.6 Å². The molecule has 0 aliphatic carbocycles. The minimum atomic E-state index is -0.246. The molecule has 100 valence electrons. The van der Waals surface area contributed by atoms with E-state index < -0.39 is 0 Å². The van der Waals surface area contributed by atoms with Gasteiger partial charge in [-0.3, -0.25) is 4.79 Å². The third kappa shape index (κ3) is 2.74. The van der Waals surface area contributed by atoms with Crippen molar-refractivity contribution >= 4 is 16.9 Å².